The lowest BCUT2D eigenvalue weighted by molar-refractivity contribution is -0.121. The van der Waals surface area contributed by atoms with Gasteiger partial charge in [0.05, 0.1) is 0 Å². The highest BCUT2D eigenvalue weighted by molar-refractivity contribution is 5.76. The second kappa shape index (κ2) is 10.8. The van der Waals surface area contributed by atoms with Crippen molar-refractivity contribution in [2.45, 2.75) is 71.1 Å². The minimum Gasteiger partial charge on any atom is -0.273 e. The number of carbonyl (C=O) groups excluding carboxylic acids is 1. The van der Waals surface area contributed by atoms with Crippen molar-refractivity contribution in [2.24, 2.45) is 11.0 Å². The van der Waals surface area contributed by atoms with Gasteiger partial charge in [0.25, 0.3) is 0 Å². The summed E-state index contributed by atoms with van der Waals surface area (Å²) < 4.78 is 0. The quantitative estimate of drug-likeness (QED) is 0.288. The van der Waals surface area contributed by atoms with Crippen LogP contribution >= 0.6 is 0 Å². The van der Waals surface area contributed by atoms with Crippen molar-refractivity contribution in [3.05, 3.63) is 12.2 Å². The van der Waals surface area contributed by atoms with Crippen LogP contribution in [-0.2, 0) is 4.79 Å². The minimum absolute atomic E-state index is 0.0538. The molecule has 0 aromatic rings. The topological polar surface area (TPSA) is 41.5 Å². The van der Waals surface area contributed by atoms with E-state index in [1.54, 1.807) is 0 Å². The molecule has 19 heavy (non-hydrogen) atoms. The summed E-state index contributed by atoms with van der Waals surface area (Å²) in [6.45, 7) is 2.22. The molecule has 1 aliphatic rings. The largest absolute Gasteiger partial charge is 0.273 e. The molecular weight excluding hydrogens is 236 g/mol. The SMILES string of the molecule is CCCCCCCCC(=O)NN=CC1CC=CCC1. The molecule has 1 unspecified atom stereocenters. The monoisotopic (exact) mass is 264 g/mol. The molecule has 1 N–H and O–H groups in total. The van der Waals surface area contributed by atoms with Gasteiger partial charge in [-0.05, 0) is 31.6 Å². The average molecular weight is 264 g/mol. The predicted octanol–water partition coefficient (Wildman–Crippen LogP) is 4.20. The van der Waals surface area contributed by atoms with Crippen molar-refractivity contribution in [1.29, 1.82) is 0 Å². The molecule has 0 heterocycles. The van der Waals surface area contributed by atoms with Crippen molar-refractivity contribution < 1.29 is 4.79 Å². The lowest BCUT2D eigenvalue weighted by Gasteiger charge is -2.11. The third kappa shape index (κ3) is 8.57. The van der Waals surface area contributed by atoms with Crippen molar-refractivity contribution in [3.8, 4) is 0 Å². The molecule has 0 spiro atoms. The van der Waals surface area contributed by atoms with Crippen LogP contribution < -0.4 is 5.43 Å². The number of unbranched alkanes of at least 4 members (excludes halogenated alkanes) is 5. The van der Waals surface area contributed by atoms with Crippen molar-refractivity contribution >= 4 is 12.1 Å². The number of allylic oxidation sites excluding steroid dienone is 2. The second-order valence-corrected chi connectivity index (χ2v) is 5.38. The molecule has 0 radical (unpaired) electrons. The van der Waals surface area contributed by atoms with Crippen molar-refractivity contribution in [2.75, 3.05) is 0 Å². The Hall–Kier alpha value is -1.12. The predicted molar refractivity (Wildman–Crippen MR) is 81.1 cm³/mol. The lowest BCUT2D eigenvalue weighted by Crippen LogP contribution is -2.18. The number of nitrogens with zero attached hydrogens (tertiary/aromatic N) is 1. The molecular formula is C16H28N2O. The van der Waals surface area contributed by atoms with Crippen LogP contribution in [0.1, 0.15) is 71.1 Å². The fraction of sp³-hybridized carbons (Fsp3) is 0.750. The Bertz CT molecular complexity index is 297. The number of nitrogens with one attached hydrogen (secondary N) is 1. The summed E-state index contributed by atoms with van der Waals surface area (Å²) in [6, 6.07) is 0. The van der Waals surface area contributed by atoms with E-state index in [0.717, 1.165) is 32.1 Å². The van der Waals surface area contributed by atoms with Gasteiger partial charge in [-0.1, -0.05) is 51.2 Å². The zero-order chi connectivity index (χ0) is 13.8. The van der Waals surface area contributed by atoms with Gasteiger partial charge in [-0.25, -0.2) is 5.43 Å². The molecule has 3 nitrogen and oxygen atoms in total. The first-order valence-corrected chi connectivity index (χ1v) is 7.80. The molecule has 3 heteroatoms. The molecule has 0 saturated carbocycles. The molecule has 1 rings (SSSR count). The van der Waals surface area contributed by atoms with E-state index in [4.69, 9.17) is 0 Å². The fourth-order valence-corrected chi connectivity index (χ4v) is 2.29. The summed E-state index contributed by atoms with van der Waals surface area (Å²) in [5.41, 5.74) is 2.64. The van der Waals surface area contributed by atoms with E-state index in [9.17, 15) is 4.79 Å². The number of hydrogen-bond acceptors (Lipinski definition) is 2. The van der Waals surface area contributed by atoms with E-state index < -0.39 is 0 Å². The summed E-state index contributed by atoms with van der Waals surface area (Å²) in [5.74, 6) is 0.553. The summed E-state index contributed by atoms with van der Waals surface area (Å²) >= 11 is 0. The molecule has 108 valence electrons. The normalized spacial score (nSPS) is 18.9. The number of hydrogen-bond donors (Lipinski definition) is 1. The maximum atomic E-state index is 11.5. The zero-order valence-electron chi connectivity index (χ0n) is 12.2. The van der Waals surface area contributed by atoms with E-state index >= 15 is 0 Å². The van der Waals surface area contributed by atoms with E-state index in [-0.39, 0.29) is 5.91 Å². The van der Waals surface area contributed by atoms with Crippen LogP contribution in [0.5, 0.6) is 0 Å². The molecule has 1 amide bonds. The van der Waals surface area contributed by atoms with E-state index in [0.29, 0.717) is 12.3 Å². The van der Waals surface area contributed by atoms with Crippen molar-refractivity contribution in [1.82, 2.24) is 5.43 Å². The van der Waals surface area contributed by atoms with Crippen LogP contribution in [0, 0.1) is 5.92 Å². The first-order chi connectivity index (χ1) is 9.33. The molecule has 0 aromatic carbocycles. The molecule has 1 aliphatic carbocycles. The van der Waals surface area contributed by atoms with Crippen LogP contribution in [0.4, 0.5) is 0 Å². The van der Waals surface area contributed by atoms with Gasteiger partial charge < -0.3 is 0 Å². The first-order valence-electron chi connectivity index (χ1n) is 7.80. The third-order valence-corrected chi connectivity index (χ3v) is 3.54. The van der Waals surface area contributed by atoms with E-state index in [1.165, 1.54) is 25.7 Å². The van der Waals surface area contributed by atoms with Gasteiger partial charge in [0, 0.05) is 12.6 Å². The Morgan fingerprint density at radius 1 is 1.26 bits per heavy atom. The van der Waals surface area contributed by atoms with Crippen LogP contribution in [0.3, 0.4) is 0 Å². The summed E-state index contributed by atoms with van der Waals surface area (Å²) in [6.07, 6.45) is 17.5. The fourth-order valence-electron chi connectivity index (χ4n) is 2.29. The Labute approximate surface area is 117 Å². The van der Waals surface area contributed by atoms with Crippen LogP contribution in [-0.4, -0.2) is 12.1 Å². The minimum atomic E-state index is 0.0538. The smallest absolute Gasteiger partial charge is 0.240 e. The van der Waals surface area contributed by atoms with Crippen LogP contribution in [0.2, 0.25) is 0 Å². The Morgan fingerprint density at radius 3 is 2.79 bits per heavy atom. The Morgan fingerprint density at radius 2 is 2.05 bits per heavy atom. The number of hydrazone groups is 1. The van der Waals surface area contributed by atoms with Gasteiger partial charge in [0.15, 0.2) is 0 Å². The summed E-state index contributed by atoms with van der Waals surface area (Å²) in [7, 11) is 0. The van der Waals surface area contributed by atoms with Gasteiger partial charge in [-0.3, -0.25) is 4.79 Å². The van der Waals surface area contributed by atoms with Gasteiger partial charge in [0.1, 0.15) is 0 Å². The molecule has 0 saturated heterocycles. The lowest BCUT2D eigenvalue weighted by atomic mass is 9.96. The number of carbonyl (C=O) groups is 1. The molecule has 0 aromatic heterocycles. The molecule has 0 bridgehead atoms. The van der Waals surface area contributed by atoms with Gasteiger partial charge in [-0.2, -0.15) is 5.10 Å². The maximum Gasteiger partial charge on any atom is 0.240 e. The van der Waals surface area contributed by atoms with Crippen molar-refractivity contribution in [3.63, 3.8) is 0 Å². The highest BCUT2D eigenvalue weighted by Crippen LogP contribution is 2.15. The molecule has 0 aliphatic heterocycles. The summed E-state index contributed by atoms with van der Waals surface area (Å²) in [5, 5.41) is 4.06. The maximum absolute atomic E-state index is 11.5. The van der Waals surface area contributed by atoms with Gasteiger partial charge >= 0.3 is 0 Å². The Kier molecular flexibility index (Phi) is 9.03. The van der Waals surface area contributed by atoms with Gasteiger partial charge in [-0.15, -0.1) is 0 Å². The molecule has 0 fully saturated rings. The zero-order valence-corrected chi connectivity index (χ0v) is 12.2. The molecule has 1 atom stereocenters. The van der Waals surface area contributed by atoms with Gasteiger partial charge in [0.2, 0.25) is 5.91 Å². The number of rotatable bonds is 9. The van der Waals surface area contributed by atoms with Crippen LogP contribution in [0.25, 0.3) is 0 Å². The van der Waals surface area contributed by atoms with E-state index in [2.05, 4.69) is 29.6 Å². The highest BCUT2D eigenvalue weighted by atomic mass is 16.2. The second-order valence-electron chi connectivity index (χ2n) is 5.38. The summed E-state index contributed by atoms with van der Waals surface area (Å²) in [4.78, 5) is 11.5. The number of amides is 1. The Balaban J connectivity index is 1.98. The first kappa shape index (κ1) is 15.9. The highest BCUT2D eigenvalue weighted by Gasteiger charge is 2.06. The third-order valence-electron chi connectivity index (χ3n) is 3.54. The van der Waals surface area contributed by atoms with Crippen LogP contribution in [0.15, 0.2) is 17.3 Å². The standard InChI is InChI=1S/C16H28N2O/c1-2-3-4-5-6-10-13-16(19)18-17-14-15-11-8-7-9-12-15/h7-8,14-15H,2-6,9-13H2,1H3,(H,18,19). The average Bonchev–Trinajstić information content (AvgIpc) is 2.44. The van der Waals surface area contributed by atoms with E-state index in [1.807, 2.05) is 6.21 Å².